The van der Waals surface area contributed by atoms with Gasteiger partial charge in [-0.3, -0.25) is 0 Å². The van der Waals surface area contributed by atoms with Gasteiger partial charge in [-0.1, -0.05) is 18.2 Å². The molecule has 1 aromatic heterocycles. The molecule has 0 radical (unpaired) electrons. The van der Waals surface area contributed by atoms with E-state index in [0.29, 0.717) is 13.0 Å². The highest BCUT2D eigenvalue weighted by Gasteiger charge is 2.37. The molecule has 1 saturated heterocycles. The molecule has 0 spiro atoms. The Hall–Kier alpha value is -2.21. The monoisotopic (exact) mass is 273 g/mol. The van der Waals surface area contributed by atoms with Crippen LogP contribution in [0.15, 0.2) is 30.5 Å². The summed E-state index contributed by atoms with van der Waals surface area (Å²) in [6, 6.07) is 7.00. The molecule has 0 aliphatic carbocycles. The Balaban J connectivity index is 2.07. The third-order valence-electron chi connectivity index (χ3n) is 3.72. The van der Waals surface area contributed by atoms with Crippen molar-refractivity contribution in [3.8, 4) is 0 Å². The highest BCUT2D eigenvalue weighted by Crippen LogP contribution is 2.31. The van der Waals surface area contributed by atoms with E-state index in [4.69, 9.17) is 4.74 Å². The maximum Gasteiger partial charge on any atom is 0.326 e. The minimum absolute atomic E-state index is 0.0805. The molecule has 2 aromatic rings. The van der Waals surface area contributed by atoms with E-state index in [1.165, 1.54) is 0 Å². The third kappa shape index (κ3) is 2.08. The predicted molar refractivity (Wildman–Crippen MR) is 73.7 cm³/mol. The van der Waals surface area contributed by atoms with Gasteiger partial charge in [0.25, 0.3) is 0 Å². The van der Waals surface area contributed by atoms with Gasteiger partial charge in [0.1, 0.15) is 6.04 Å². The number of carboxylic acids is 1. The lowest BCUT2D eigenvalue weighted by Gasteiger charge is -2.24. The smallest absolute Gasteiger partial charge is 0.326 e. The summed E-state index contributed by atoms with van der Waals surface area (Å²) in [6.45, 7) is 0.545. The summed E-state index contributed by atoms with van der Waals surface area (Å²) in [7, 11) is 1.61. The summed E-state index contributed by atoms with van der Waals surface area (Å²) in [6.07, 6.45) is 2.02. The quantitative estimate of drug-likeness (QED) is 0.908. The van der Waals surface area contributed by atoms with Crippen LogP contribution >= 0.6 is 0 Å². The van der Waals surface area contributed by atoms with Crippen LogP contribution in [0.5, 0.6) is 0 Å². The number of carboxylic acid groups (broad SMARTS) is 1. The molecule has 3 rings (SSSR count). The molecule has 104 valence electrons. The molecule has 2 unspecified atom stereocenters. The second kappa shape index (κ2) is 5.05. The van der Waals surface area contributed by atoms with E-state index in [0.717, 1.165) is 16.6 Å². The molecule has 0 saturated carbocycles. The molecular weight excluding hydrogens is 258 g/mol. The third-order valence-corrected chi connectivity index (χ3v) is 3.72. The van der Waals surface area contributed by atoms with Gasteiger partial charge in [0.2, 0.25) is 0 Å². The molecule has 1 aliphatic heterocycles. The van der Waals surface area contributed by atoms with Crippen LogP contribution in [0.3, 0.4) is 0 Å². The highest BCUT2D eigenvalue weighted by atomic mass is 16.5. The molecule has 1 aliphatic rings. The van der Waals surface area contributed by atoms with Crippen molar-refractivity contribution in [2.45, 2.75) is 18.6 Å². The first-order valence-electron chi connectivity index (χ1n) is 6.43. The molecule has 1 fully saturated rings. The van der Waals surface area contributed by atoms with E-state index < -0.39 is 12.0 Å². The molecule has 2 atom stereocenters. The van der Waals surface area contributed by atoms with Crippen LogP contribution in [-0.4, -0.2) is 47.1 Å². The number of rotatable bonds is 3. The van der Waals surface area contributed by atoms with Crippen molar-refractivity contribution >= 4 is 22.6 Å². The zero-order valence-electron chi connectivity index (χ0n) is 11.1. The molecular formula is C14H15N3O3. The standard InChI is InChI=1S/C14H15N3O3/c1-20-9-6-12(14(18)19)17(8-9)13-7-15-16-11-5-3-2-4-10(11)13/h2-5,7,9,12H,6,8H2,1H3,(H,18,19). The van der Waals surface area contributed by atoms with E-state index in [1.807, 2.05) is 29.2 Å². The van der Waals surface area contributed by atoms with Crippen molar-refractivity contribution < 1.29 is 14.6 Å². The van der Waals surface area contributed by atoms with Crippen LogP contribution in [0.4, 0.5) is 5.69 Å². The van der Waals surface area contributed by atoms with Gasteiger partial charge in [0.05, 0.1) is 23.5 Å². The number of anilines is 1. The van der Waals surface area contributed by atoms with Gasteiger partial charge in [0.15, 0.2) is 0 Å². The average Bonchev–Trinajstić information content (AvgIpc) is 2.91. The number of fused-ring (bicyclic) bond motifs is 1. The van der Waals surface area contributed by atoms with Crippen LogP contribution < -0.4 is 4.90 Å². The summed E-state index contributed by atoms with van der Waals surface area (Å²) >= 11 is 0. The van der Waals surface area contributed by atoms with E-state index in [2.05, 4.69) is 10.2 Å². The zero-order valence-corrected chi connectivity index (χ0v) is 11.1. The van der Waals surface area contributed by atoms with Crippen molar-refractivity contribution in [1.82, 2.24) is 10.2 Å². The normalized spacial score (nSPS) is 22.4. The first kappa shape index (κ1) is 12.8. The Morgan fingerprint density at radius 2 is 2.25 bits per heavy atom. The Morgan fingerprint density at radius 3 is 3.00 bits per heavy atom. The van der Waals surface area contributed by atoms with Gasteiger partial charge in [-0.15, -0.1) is 0 Å². The topological polar surface area (TPSA) is 75.6 Å². The summed E-state index contributed by atoms with van der Waals surface area (Å²) in [5.74, 6) is -0.842. The van der Waals surface area contributed by atoms with E-state index >= 15 is 0 Å². The number of aromatic nitrogens is 2. The Kier molecular flexibility index (Phi) is 3.23. The second-order valence-corrected chi connectivity index (χ2v) is 4.85. The molecule has 0 amide bonds. The Bertz CT molecular complexity index is 641. The number of hydrogen-bond acceptors (Lipinski definition) is 5. The molecule has 1 N–H and O–H groups in total. The van der Waals surface area contributed by atoms with Crippen molar-refractivity contribution in [3.63, 3.8) is 0 Å². The summed E-state index contributed by atoms with van der Waals surface area (Å²) in [5.41, 5.74) is 1.55. The number of ether oxygens (including phenoxy) is 1. The first-order chi connectivity index (χ1) is 9.70. The van der Waals surface area contributed by atoms with Crippen molar-refractivity contribution in [3.05, 3.63) is 30.5 Å². The molecule has 1 aromatic carbocycles. The average molecular weight is 273 g/mol. The van der Waals surface area contributed by atoms with Crippen LogP contribution in [0.1, 0.15) is 6.42 Å². The van der Waals surface area contributed by atoms with Gasteiger partial charge in [-0.25, -0.2) is 4.79 Å². The number of benzene rings is 1. The first-order valence-corrected chi connectivity index (χ1v) is 6.43. The lowest BCUT2D eigenvalue weighted by atomic mass is 10.1. The van der Waals surface area contributed by atoms with Crippen molar-refractivity contribution in [2.24, 2.45) is 0 Å². The second-order valence-electron chi connectivity index (χ2n) is 4.85. The molecule has 6 nitrogen and oxygen atoms in total. The van der Waals surface area contributed by atoms with Gasteiger partial charge in [-0.2, -0.15) is 10.2 Å². The largest absolute Gasteiger partial charge is 0.480 e. The van der Waals surface area contributed by atoms with Gasteiger partial charge in [-0.05, 0) is 6.07 Å². The number of aliphatic carboxylic acids is 1. The maximum absolute atomic E-state index is 11.4. The van der Waals surface area contributed by atoms with Crippen LogP contribution in [0, 0.1) is 0 Å². The van der Waals surface area contributed by atoms with Crippen molar-refractivity contribution in [1.29, 1.82) is 0 Å². The molecule has 0 bridgehead atoms. The van der Waals surface area contributed by atoms with Crippen molar-refractivity contribution in [2.75, 3.05) is 18.6 Å². The SMILES string of the molecule is COC1CC(C(=O)O)N(c2cnnc3ccccc23)C1. The molecule has 20 heavy (non-hydrogen) atoms. The van der Waals surface area contributed by atoms with Gasteiger partial charge >= 0.3 is 5.97 Å². The Labute approximate surface area is 116 Å². The fraction of sp³-hybridized carbons (Fsp3) is 0.357. The van der Waals surface area contributed by atoms with E-state index in [-0.39, 0.29) is 6.10 Å². The number of hydrogen-bond donors (Lipinski definition) is 1. The summed E-state index contributed by atoms with van der Waals surface area (Å²) in [5, 5.41) is 18.3. The minimum Gasteiger partial charge on any atom is -0.480 e. The number of carbonyl (C=O) groups is 1. The summed E-state index contributed by atoms with van der Waals surface area (Å²) < 4.78 is 5.31. The highest BCUT2D eigenvalue weighted by molar-refractivity contribution is 5.93. The fourth-order valence-corrected chi connectivity index (χ4v) is 2.69. The zero-order chi connectivity index (χ0) is 14.1. The lowest BCUT2D eigenvalue weighted by Crippen LogP contribution is -2.36. The maximum atomic E-state index is 11.4. The van der Waals surface area contributed by atoms with E-state index in [9.17, 15) is 9.90 Å². The van der Waals surface area contributed by atoms with Gasteiger partial charge in [0, 0.05) is 25.5 Å². The lowest BCUT2D eigenvalue weighted by molar-refractivity contribution is -0.138. The number of methoxy groups -OCH3 is 1. The van der Waals surface area contributed by atoms with E-state index in [1.54, 1.807) is 13.3 Å². The van der Waals surface area contributed by atoms with Crippen LogP contribution in [-0.2, 0) is 9.53 Å². The molecule has 6 heteroatoms. The Morgan fingerprint density at radius 1 is 1.45 bits per heavy atom. The predicted octanol–water partition coefficient (Wildman–Crippen LogP) is 1.31. The van der Waals surface area contributed by atoms with Crippen LogP contribution in [0.2, 0.25) is 0 Å². The number of nitrogens with zero attached hydrogens (tertiary/aromatic N) is 3. The van der Waals surface area contributed by atoms with Crippen LogP contribution in [0.25, 0.3) is 10.9 Å². The fourth-order valence-electron chi connectivity index (χ4n) is 2.69. The minimum atomic E-state index is -0.842. The molecule has 2 heterocycles. The van der Waals surface area contributed by atoms with Gasteiger partial charge < -0.3 is 14.7 Å². The summed E-state index contributed by atoms with van der Waals surface area (Å²) in [4.78, 5) is 13.3.